The molecule has 1 saturated heterocycles. The van der Waals surface area contributed by atoms with Crippen LogP contribution in [0.25, 0.3) is 5.57 Å². The van der Waals surface area contributed by atoms with Crippen molar-refractivity contribution in [1.29, 1.82) is 0 Å². The molecule has 1 saturated carbocycles. The van der Waals surface area contributed by atoms with E-state index in [2.05, 4.69) is 22.3 Å². The number of nitrogens with one attached hydrogen (secondary N) is 1. The van der Waals surface area contributed by atoms with E-state index in [0.29, 0.717) is 31.6 Å². The minimum absolute atomic E-state index is 0.132. The van der Waals surface area contributed by atoms with Crippen molar-refractivity contribution in [1.82, 2.24) is 10.2 Å². The molecule has 2 unspecified atom stereocenters. The maximum atomic E-state index is 13.7. The van der Waals surface area contributed by atoms with Crippen LogP contribution in [-0.4, -0.2) is 49.0 Å². The number of alkyl carbamates (subject to hydrolysis) is 1. The van der Waals surface area contributed by atoms with E-state index in [1.54, 1.807) is 6.08 Å². The number of halogens is 1. The summed E-state index contributed by atoms with van der Waals surface area (Å²) in [5.41, 5.74) is 3.94. The van der Waals surface area contributed by atoms with E-state index in [1.807, 2.05) is 56.3 Å². The zero-order chi connectivity index (χ0) is 27.2. The van der Waals surface area contributed by atoms with Crippen molar-refractivity contribution in [3.8, 4) is 11.5 Å². The fraction of sp³-hybridized carbons (Fsp3) is 0.469. The van der Waals surface area contributed by atoms with Gasteiger partial charge in [0.1, 0.15) is 24.3 Å². The van der Waals surface area contributed by atoms with Gasteiger partial charge in [-0.2, -0.15) is 0 Å². The molecule has 2 aromatic rings. The average Bonchev–Trinajstić information content (AvgIpc) is 3.52. The Labute approximate surface area is 230 Å². The lowest BCUT2D eigenvalue weighted by molar-refractivity contribution is 0.132. The van der Waals surface area contributed by atoms with Crippen LogP contribution in [0.3, 0.4) is 0 Å². The third-order valence-electron chi connectivity index (χ3n) is 7.97. The van der Waals surface area contributed by atoms with Crippen LogP contribution >= 0.6 is 0 Å². The molecule has 6 nitrogen and oxygen atoms in total. The third-order valence-corrected chi connectivity index (χ3v) is 7.97. The van der Waals surface area contributed by atoms with Crippen molar-refractivity contribution < 1.29 is 23.4 Å². The van der Waals surface area contributed by atoms with E-state index < -0.39 is 6.17 Å². The number of allylic oxidation sites excluding steroid dienone is 4. The number of rotatable bonds is 10. The second-order valence-corrected chi connectivity index (χ2v) is 10.5. The van der Waals surface area contributed by atoms with Crippen LogP contribution in [0.15, 0.2) is 60.7 Å². The number of nitrogens with zero attached hydrogens (tertiary/aromatic N) is 1. The molecule has 0 radical (unpaired) electrons. The second-order valence-electron chi connectivity index (χ2n) is 10.5. The quantitative estimate of drug-likeness (QED) is 0.380. The van der Waals surface area contributed by atoms with Crippen LogP contribution < -0.4 is 14.8 Å². The normalized spacial score (nSPS) is 24.2. The van der Waals surface area contributed by atoms with Crippen molar-refractivity contribution in [3.05, 3.63) is 77.4 Å². The summed E-state index contributed by atoms with van der Waals surface area (Å²) in [7, 11) is 0. The maximum Gasteiger partial charge on any atom is 0.407 e. The average molecular weight is 535 g/mol. The van der Waals surface area contributed by atoms with E-state index >= 15 is 0 Å². The van der Waals surface area contributed by atoms with Crippen LogP contribution in [0.5, 0.6) is 11.5 Å². The number of hydrogen-bond donors (Lipinski definition) is 1. The summed E-state index contributed by atoms with van der Waals surface area (Å²) in [4.78, 5) is 15.0. The van der Waals surface area contributed by atoms with Crippen LogP contribution in [0, 0.1) is 5.92 Å². The summed E-state index contributed by atoms with van der Waals surface area (Å²) in [6.45, 7) is 7.06. The van der Waals surface area contributed by atoms with Crippen molar-refractivity contribution in [2.75, 3.05) is 19.8 Å². The van der Waals surface area contributed by atoms with E-state index in [0.717, 1.165) is 66.1 Å². The minimum Gasteiger partial charge on any atom is -0.493 e. The highest BCUT2D eigenvalue weighted by molar-refractivity contribution is 5.83. The standard InChI is InChI=1S/C32H39FN2O4/c1-3-37-29-18-23(19-30(38-4-2)31(29)24-10-12-25(33)13-11-24)20-35-17-16-26-27(14-15-28(26)35)34-32(36)39-21-22-8-6-5-7-9-22/h5-12,18-19,25-28H,3-4,13-17,20-21H2,1-2H3,(H,34,36)/t25?,26-,27?,28+/m0/s1. The summed E-state index contributed by atoms with van der Waals surface area (Å²) >= 11 is 0. The highest BCUT2D eigenvalue weighted by Crippen LogP contribution is 2.42. The summed E-state index contributed by atoms with van der Waals surface area (Å²) in [5, 5.41) is 3.14. The van der Waals surface area contributed by atoms with Crippen molar-refractivity contribution in [3.63, 3.8) is 0 Å². The van der Waals surface area contributed by atoms with Gasteiger partial charge in [-0.1, -0.05) is 42.5 Å². The molecule has 1 heterocycles. The molecule has 1 N–H and O–H groups in total. The fourth-order valence-electron chi connectivity index (χ4n) is 6.24. The molecule has 3 aliphatic rings. The van der Waals surface area contributed by atoms with Crippen LogP contribution in [-0.2, 0) is 17.9 Å². The molecule has 39 heavy (non-hydrogen) atoms. The highest BCUT2D eigenvalue weighted by atomic mass is 19.1. The van der Waals surface area contributed by atoms with Gasteiger partial charge < -0.3 is 19.5 Å². The molecule has 4 atom stereocenters. The molecule has 5 rings (SSSR count). The van der Waals surface area contributed by atoms with Crippen molar-refractivity contribution >= 4 is 11.7 Å². The zero-order valence-corrected chi connectivity index (χ0v) is 22.9. The maximum absolute atomic E-state index is 13.7. The van der Waals surface area contributed by atoms with Crippen LogP contribution in [0.2, 0.25) is 0 Å². The van der Waals surface area contributed by atoms with Gasteiger partial charge in [0.05, 0.1) is 18.8 Å². The lowest BCUT2D eigenvalue weighted by Crippen LogP contribution is -2.39. The first-order chi connectivity index (χ1) is 19.1. The number of amides is 1. The van der Waals surface area contributed by atoms with Gasteiger partial charge in [0, 0.05) is 25.0 Å². The Hall–Kier alpha value is -3.32. The number of carbonyl (C=O) groups is 1. The molecule has 1 amide bonds. The molecule has 2 fully saturated rings. The van der Waals surface area contributed by atoms with E-state index in [9.17, 15) is 9.18 Å². The smallest absolute Gasteiger partial charge is 0.407 e. The number of carbonyl (C=O) groups excluding carboxylic acids is 1. The Morgan fingerprint density at radius 3 is 2.44 bits per heavy atom. The molecule has 0 spiro atoms. The van der Waals surface area contributed by atoms with Crippen LogP contribution in [0.4, 0.5) is 9.18 Å². The summed E-state index contributed by atoms with van der Waals surface area (Å²) in [6.07, 6.45) is 7.47. The van der Waals surface area contributed by atoms with E-state index in [-0.39, 0.29) is 18.7 Å². The molecular formula is C32H39FN2O4. The topological polar surface area (TPSA) is 60.0 Å². The molecule has 0 aromatic heterocycles. The second kappa shape index (κ2) is 12.7. The lowest BCUT2D eigenvalue weighted by Gasteiger charge is -2.26. The van der Waals surface area contributed by atoms with Gasteiger partial charge in [0.2, 0.25) is 0 Å². The number of fused-ring (bicyclic) bond motifs is 1. The summed E-state index contributed by atoms with van der Waals surface area (Å²) in [5.74, 6) is 1.96. The van der Waals surface area contributed by atoms with Gasteiger partial charge >= 0.3 is 6.09 Å². The Kier molecular flexibility index (Phi) is 8.87. The molecule has 2 aliphatic carbocycles. The first kappa shape index (κ1) is 27.3. The number of alkyl halides is 1. The minimum atomic E-state index is -0.947. The Morgan fingerprint density at radius 1 is 1.03 bits per heavy atom. The number of benzene rings is 2. The first-order valence-electron chi connectivity index (χ1n) is 14.2. The van der Waals surface area contributed by atoms with Gasteiger partial charge in [-0.05, 0) is 80.5 Å². The molecule has 2 aromatic carbocycles. The number of likely N-dealkylation sites (tertiary alicyclic amines) is 1. The number of ether oxygens (including phenoxy) is 3. The van der Waals surface area contributed by atoms with Gasteiger partial charge in [0.25, 0.3) is 0 Å². The molecular weight excluding hydrogens is 495 g/mol. The fourth-order valence-corrected chi connectivity index (χ4v) is 6.24. The van der Waals surface area contributed by atoms with Crippen molar-refractivity contribution in [2.24, 2.45) is 5.92 Å². The predicted molar refractivity (Wildman–Crippen MR) is 150 cm³/mol. The van der Waals surface area contributed by atoms with Gasteiger partial charge in [-0.3, -0.25) is 4.90 Å². The van der Waals surface area contributed by atoms with E-state index in [1.165, 1.54) is 0 Å². The lowest BCUT2D eigenvalue weighted by atomic mass is 9.95. The SMILES string of the molecule is CCOc1cc(CN2CC[C@H]3C(NC(=O)OCc4ccccc4)CC[C@H]32)cc(OCC)c1C1=CCC(F)C=C1. The Balaban J connectivity index is 1.25. The highest BCUT2D eigenvalue weighted by Gasteiger charge is 2.44. The molecule has 1 aliphatic heterocycles. The molecule has 0 bridgehead atoms. The third kappa shape index (κ3) is 6.47. The first-order valence-corrected chi connectivity index (χ1v) is 14.2. The Bertz CT molecular complexity index is 1170. The van der Waals surface area contributed by atoms with Gasteiger partial charge in [-0.15, -0.1) is 0 Å². The molecule has 7 heteroatoms. The monoisotopic (exact) mass is 534 g/mol. The number of hydrogen-bond acceptors (Lipinski definition) is 5. The molecule has 208 valence electrons. The van der Waals surface area contributed by atoms with E-state index in [4.69, 9.17) is 14.2 Å². The Morgan fingerprint density at radius 2 is 1.77 bits per heavy atom. The van der Waals surface area contributed by atoms with Crippen molar-refractivity contribution in [2.45, 2.75) is 70.9 Å². The van der Waals surface area contributed by atoms with Gasteiger partial charge in [-0.25, -0.2) is 9.18 Å². The largest absolute Gasteiger partial charge is 0.493 e. The van der Waals surface area contributed by atoms with Gasteiger partial charge in [0.15, 0.2) is 0 Å². The summed E-state index contributed by atoms with van der Waals surface area (Å²) < 4.78 is 31.4. The van der Waals surface area contributed by atoms with Crippen LogP contribution in [0.1, 0.15) is 56.2 Å². The zero-order valence-electron chi connectivity index (χ0n) is 22.9. The predicted octanol–water partition coefficient (Wildman–Crippen LogP) is 6.44. The summed E-state index contributed by atoms with van der Waals surface area (Å²) in [6, 6.07) is 14.5.